The van der Waals surface area contributed by atoms with Crippen LogP contribution in [0.5, 0.6) is 0 Å². The summed E-state index contributed by atoms with van der Waals surface area (Å²) >= 11 is 0. The summed E-state index contributed by atoms with van der Waals surface area (Å²) in [4.78, 5) is 23.8. The average Bonchev–Trinajstić information content (AvgIpc) is 3.10. The summed E-state index contributed by atoms with van der Waals surface area (Å²) in [6.07, 6.45) is -7.97. The summed E-state index contributed by atoms with van der Waals surface area (Å²) in [5.74, 6) is -1.28. The van der Waals surface area contributed by atoms with Gasteiger partial charge in [0.05, 0.1) is 19.3 Å². The van der Waals surface area contributed by atoms with E-state index >= 15 is 0 Å². The predicted molar refractivity (Wildman–Crippen MR) is 93.8 cm³/mol. The largest absolute Gasteiger partial charge is 0.394 e. The number of hydrogen-bond acceptors (Lipinski definition) is 11. The van der Waals surface area contributed by atoms with Crippen LogP contribution in [0.3, 0.4) is 0 Å². The Morgan fingerprint density at radius 1 is 1.34 bits per heavy atom. The molecule has 1 radical (unpaired) electrons. The molecule has 11 N–H and O–H groups in total. The van der Waals surface area contributed by atoms with Crippen LogP contribution in [0.2, 0.25) is 0 Å². The Labute approximate surface area is 165 Å². The van der Waals surface area contributed by atoms with Crippen LogP contribution in [0, 0.1) is 5.41 Å². The van der Waals surface area contributed by atoms with E-state index in [1.54, 1.807) is 0 Å². The van der Waals surface area contributed by atoms with Gasteiger partial charge in [-0.05, 0) is 0 Å². The first-order chi connectivity index (χ1) is 13.7. The highest BCUT2D eigenvalue weighted by Crippen LogP contribution is 2.27. The molecule has 0 aromatic heterocycles. The van der Waals surface area contributed by atoms with Crippen LogP contribution < -0.4 is 16.4 Å². The van der Waals surface area contributed by atoms with Crippen LogP contribution in [-0.4, -0.2) is 128 Å². The summed E-state index contributed by atoms with van der Waals surface area (Å²) < 4.78 is 5.40. The molecule has 2 fully saturated rings. The Morgan fingerprint density at radius 3 is 2.55 bits per heavy atom. The zero-order valence-corrected chi connectivity index (χ0v) is 15.3. The topological polar surface area (TPSA) is 242 Å². The van der Waals surface area contributed by atoms with Crippen molar-refractivity contribution >= 4 is 18.2 Å². The van der Waals surface area contributed by atoms with Crippen molar-refractivity contribution in [3.05, 3.63) is 0 Å². The van der Waals surface area contributed by atoms with Crippen molar-refractivity contribution in [2.45, 2.75) is 54.9 Å². The van der Waals surface area contributed by atoms with Crippen molar-refractivity contribution in [3.63, 3.8) is 0 Å². The molecular weight excluding hydrogens is 394 g/mol. The van der Waals surface area contributed by atoms with E-state index in [1.807, 2.05) is 0 Å². The van der Waals surface area contributed by atoms with Gasteiger partial charge in [-0.15, -0.1) is 0 Å². The number of carbonyl (C=O) groups is 1. The lowest BCUT2D eigenvalue weighted by atomic mass is 9.96. The molecule has 7 unspecified atom stereocenters. The standard InChI is InChI=1S/C15H26N5O9/c16-8(13(28)19-5(2-21)3-22)9(24)6-1-18-15(17)20(6)14-12(27)11(26)10(25)7(4-23)29-14/h5-12,14,21,23-27H,1-2,4,16H2,(H2,17,18)(H,19,28)/t5-,6?,7?,8-,9?,10?,11?,12?,14?/m0/s1. The first-order valence-electron chi connectivity index (χ1n) is 8.81. The van der Waals surface area contributed by atoms with Crippen molar-refractivity contribution in [2.75, 3.05) is 19.8 Å². The number of rotatable bonds is 8. The number of nitrogens with one attached hydrogen (secondary N) is 3. The molecule has 2 heterocycles. The highest BCUT2D eigenvalue weighted by atomic mass is 16.6. The molecule has 0 bridgehead atoms. The highest BCUT2D eigenvalue weighted by molar-refractivity contribution is 5.85. The maximum Gasteiger partial charge on any atom is 0.240 e. The number of ether oxygens (including phenoxy) is 1. The highest BCUT2D eigenvalue weighted by Gasteiger charge is 2.51. The maximum absolute atomic E-state index is 12.1. The Morgan fingerprint density at radius 2 is 2.00 bits per heavy atom. The molecule has 0 spiro atoms. The number of nitrogens with zero attached hydrogens (tertiary/aromatic N) is 1. The quantitative estimate of drug-likeness (QED) is 0.176. The second-order valence-electron chi connectivity index (χ2n) is 6.80. The van der Waals surface area contributed by atoms with Gasteiger partial charge in [-0.25, -0.2) is 0 Å². The molecule has 14 heteroatoms. The van der Waals surface area contributed by atoms with E-state index in [4.69, 9.17) is 21.0 Å². The summed E-state index contributed by atoms with van der Waals surface area (Å²) in [5.41, 5.74) is 5.74. The van der Waals surface area contributed by atoms with E-state index in [2.05, 4.69) is 10.6 Å². The van der Waals surface area contributed by atoms with E-state index in [0.29, 0.717) is 0 Å². The molecule has 2 saturated heterocycles. The fourth-order valence-corrected chi connectivity index (χ4v) is 3.24. The molecule has 165 valence electrons. The molecule has 0 aromatic rings. The van der Waals surface area contributed by atoms with Crippen molar-refractivity contribution in [1.29, 1.82) is 5.41 Å². The minimum Gasteiger partial charge on any atom is -0.394 e. The minimum absolute atomic E-state index is 0.0841. The normalized spacial score (nSPS) is 35.6. The van der Waals surface area contributed by atoms with Crippen LogP contribution in [0.15, 0.2) is 0 Å². The number of aliphatic hydroxyl groups is 6. The zero-order chi connectivity index (χ0) is 21.9. The van der Waals surface area contributed by atoms with Crippen LogP contribution in [-0.2, 0) is 14.3 Å². The van der Waals surface area contributed by atoms with Gasteiger partial charge in [-0.2, -0.15) is 0 Å². The van der Waals surface area contributed by atoms with E-state index in [-0.39, 0.29) is 12.5 Å². The van der Waals surface area contributed by atoms with Gasteiger partial charge in [-0.3, -0.25) is 15.0 Å². The van der Waals surface area contributed by atoms with Gasteiger partial charge in [0.2, 0.25) is 12.2 Å². The fourth-order valence-electron chi connectivity index (χ4n) is 3.24. The van der Waals surface area contributed by atoms with Crippen molar-refractivity contribution in [3.8, 4) is 0 Å². The van der Waals surface area contributed by atoms with Crippen LogP contribution in [0.1, 0.15) is 0 Å². The first-order valence-corrected chi connectivity index (χ1v) is 8.81. The van der Waals surface area contributed by atoms with Gasteiger partial charge < -0.3 is 56.6 Å². The third-order valence-electron chi connectivity index (χ3n) is 4.94. The number of hydrogen-bond donors (Lipinski definition) is 10. The van der Waals surface area contributed by atoms with Crippen LogP contribution in [0.4, 0.5) is 0 Å². The Balaban J connectivity index is 2.18. The third-order valence-corrected chi connectivity index (χ3v) is 4.94. The molecule has 0 aliphatic carbocycles. The van der Waals surface area contributed by atoms with Gasteiger partial charge in [0.1, 0.15) is 42.6 Å². The zero-order valence-electron chi connectivity index (χ0n) is 15.3. The van der Waals surface area contributed by atoms with Crippen LogP contribution >= 0.6 is 0 Å². The van der Waals surface area contributed by atoms with Crippen molar-refractivity contribution in [1.82, 2.24) is 15.5 Å². The fraction of sp³-hybridized carbons (Fsp3) is 0.800. The molecule has 14 nitrogen and oxygen atoms in total. The van der Waals surface area contributed by atoms with E-state index < -0.39 is 74.0 Å². The van der Waals surface area contributed by atoms with Crippen molar-refractivity contribution in [2.24, 2.45) is 5.73 Å². The molecule has 9 atom stereocenters. The second-order valence-corrected chi connectivity index (χ2v) is 6.80. The van der Waals surface area contributed by atoms with Gasteiger partial charge in [0.15, 0.2) is 12.2 Å². The molecule has 0 aromatic carbocycles. The maximum atomic E-state index is 12.1. The average molecular weight is 420 g/mol. The molecule has 0 saturated carbocycles. The Bertz CT molecular complexity index is 609. The van der Waals surface area contributed by atoms with Gasteiger partial charge in [-0.1, -0.05) is 0 Å². The van der Waals surface area contributed by atoms with Crippen LogP contribution in [0.25, 0.3) is 0 Å². The minimum atomic E-state index is -1.71. The third kappa shape index (κ3) is 4.65. The lowest BCUT2D eigenvalue weighted by Crippen LogP contribution is -2.67. The summed E-state index contributed by atoms with van der Waals surface area (Å²) in [6.45, 7) is -1.49. The lowest BCUT2D eigenvalue weighted by Gasteiger charge is -2.46. The molecule has 2 aliphatic rings. The number of amides is 1. The Hall–Kier alpha value is -1.91. The van der Waals surface area contributed by atoms with E-state index in [9.17, 15) is 35.1 Å². The number of nitrogens with two attached hydrogens (primary N) is 1. The summed E-state index contributed by atoms with van der Waals surface area (Å²) in [5, 5.41) is 71.7. The summed E-state index contributed by atoms with van der Waals surface area (Å²) in [6, 6.07) is -4.01. The van der Waals surface area contributed by atoms with E-state index in [0.717, 1.165) is 4.90 Å². The second kappa shape index (κ2) is 9.73. The summed E-state index contributed by atoms with van der Waals surface area (Å²) in [7, 11) is 0. The molecule has 2 rings (SSSR count). The van der Waals surface area contributed by atoms with Gasteiger partial charge in [0, 0.05) is 6.54 Å². The smallest absolute Gasteiger partial charge is 0.240 e. The predicted octanol–water partition coefficient (Wildman–Crippen LogP) is -6.73. The number of aliphatic hydroxyl groups excluding tert-OH is 6. The first kappa shape index (κ1) is 23.4. The Kier molecular flexibility index (Phi) is 7.84. The van der Waals surface area contributed by atoms with Crippen molar-refractivity contribution < 1.29 is 45.0 Å². The van der Waals surface area contributed by atoms with Gasteiger partial charge >= 0.3 is 0 Å². The molecule has 2 aliphatic heterocycles. The lowest BCUT2D eigenvalue weighted by molar-refractivity contribution is -0.260. The SMILES string of the molecule is N=C1NCC(C(O)[C@H](N)C(=O)N[C@H]([C]=O)CO)N1C1OC(CO)C(O)C(O)C1O. The molecule has 29 heavy (non-hydrogen) atoms. The monoisotopic (exact) mass is 420 g/mol. The number of carbonyl (C=O) groups excluding carboxylic acids is 2. The number of guanidine groups is 1. The molecular formula is C15H26N5O9. The molecule has 1 amide bonds. The van der Waals surface area contributed by atoms with Gasteiger partial charge in [0.25, 0.3) is 0 Å². The van der Waals surface area contributed by atoms with E-state index in [1.165, 1.54) is 6.29 Å².